The van der Waals surface area contributed by atoms with Crippen LogP contribution < -0.4 is 0 Å². The molecule has 1 fully saturated rings. The van der Waals surface area contributed by atoms with Crippen molar-refractivity contribution in [1.29, 1.82) is 0 Å². The number of likely N-dealkylation sites (N-methyl/N-ethyl adjacent to an activating group) is 1. The molecule has 0 aliphatic carbocycles. The molecule has 1 aliphatic heterocycles. The smallest absolute Gasteiger partial charge is 0.321 e. The monoisotopic (exact) mass is 147 g/mol. The predicted molar refractivity (Wildman–Crippen MR) is 33.6 cm³/mol. The molecule has 1 N–H and O–H groups in total. The summed E-state index contributed by atoms with van der Waals surface area (Å²) in [5, 5.41) is 8.49. The molecule has 0 bridgehead atoms. The second-order valence-corrected chi connectivity index (χ2v) is 2.63. The van der Waals surface area contributed by atoms with E-state index in [4.69, 9.17) is 5.11 Å². The minimum absolute atomic E-state index is 0.131. The standard InChI is InChI=1S/C6H10FNO2/c1-8-3-4(7)2-5(8)6(9)10/h4-5H,2-3H2,1H3,(H,9,10)/t4-,5-/m0/s1. The maximum absolute atomic E-state index is 12.5. The zero-order valence-electron chi connectivity index (χ0n) is 5.75. The van der Waals surface area contributed by atoms with Gasteiger partial charge in [-0.3, -0.25) is 9.69 Å². The molecule has 58 valence electrons. The van der Waals surface area contributed by atoms with Crippen LogP contribution in [-0.4, -0.2) is 41.8 Å². The Morgan fingerprint density at radius 1 is 1.80 bits per heavy atom. The molecule has 4 heteroatoms. The second-order valence-electron chi connectivity index (χ2n) is 2.63. The first-order valence-electron chi connectivity index (χ1n) is 3.18. The molecular formula is C6H10FNO2. The van der Waals surface area contributed by atoms with Crippen molar-refractivity contribution in [2.45, 2.75) is 18.6 Å². The number of rotatable bonds is 1. The Balaban J connectivity index is 2.54. The van der Waals surface area contributed by atoms with Crippen LogP contribution in [0, 0.1) is 0 Å². The van der Waals surface area contributed by atoms with E-state index in [-0.39, 0.29) is 13.0 Å². The Morgan fingerprint density at radius 3 is 2.60 bits per heavy atom. The molecule has 0 aromatic carbocycles. The van der Waals surface area contributed by atoms with E-state index in [0.717, 1.165) is 0 Å². The summed E-state index contributed by atoms with van der Waals surface area (Å²) in [6, 6.07) is -0.616. The quantitative estimate of drug-likeness (QED) is 0.572. The number of nitrogens with zero attached hydrogens (tertiary/aromatic N) is 1. The van der Waals surface area contributed by atoms with Crippen LogP contribution in [0.25, 0.3) is 0 Å². The molecule has 2 atom stereocenters. The van der Waals surface area contributed by atoms with Gasteiger partial charge in [0.25, 0.3) is 0 Å². The number of hydrogen-bond acceptors (Lipinski definition) is 2. The molecular weight excluding hydrogens is 137 g/mol. The molecule has 1 rings (SSSR count). The number of likely N-dealkylation sites (tertiary alicyclic amines) is 1. The second kappa shape index (κ2) is 2.54. The van der Waals surface area contributed by atoms with Gasteiger partial charge in [-0.2, -0.15) is 0 Å². The molecule has 3 nitrogen and oxygen atoms in total. The van der Waals surface area contributed by atoms with E-state index < -0.39 is 18.2 Å². The fourth-order valence-corrected chi connectivity index (χ4v) is 1.23. The molecule has 0 aromatic rings. The van der Waals surface area contributed by atoms with Crippen LogP contribution in [0.15, 0.2) is 0 Å². The highest BCUT2D eigenvalue weighted by Crippen LogP contribution is 2.17. The fourth-order valence-electron chi connectivity index (χ4n) is 1.23. The Bertz CT molecular complexity index is 151. The Labute approximate surface area is 58.4 Å². The summed E-state index contributed by atoms with van der Waals surface area (Å²) in [5.74, 6) is -0.928. The van der Waals surface area contributed by atoms with Gasteiger partial charge in [0, 0.05) is 13.0 Å². The van der Waals surface area contributed by atoms with E-state index in [9.17, 15) is 9.18 Å². The van der Waals surface area contributed by atoms with Crippen LogP contribution in [0.1, 0.15) is 6.42 Å². The molecule has 0 saturated carbocycles. The lowest BCUT2D eigenvalue weighted by Crippen LogP contribution is -2.32. The molecule has 1 heterocycles. The minimum atomic E-state index is -0.967. The lowest BCUT2D eigenvalue weighted by atomic mass is 10.2. The third-order valence-corrected chi connectivity index (χ3v) is 1.78. The average Bonchev–Trinajstić information content (AvgIpc) is 2.10. The first-order valence-corrected chi connectivity index (χ1v) is 3.18. The normalized spacial score (nSPS) is 34.6. The van der Waals surface area contributed by atoms with Crippen LogP contribution >= 0.6 is 0 Å². The number of carbonyl (C=O) groups is 1. The van der Waals surface area contributed by atoms with Crippen molar-refractivity contribution in [2.24, 2.45) is 0 Å². The van der Waals surface area contributed by atoms with Gasteiger partial charge >= 0.3 is 5.97 Å². The van der Waals surface area contributed by atoms with Gasteiger partial charge in [0.2, 0.25) is 0 Å². The van der Waals surface area contributed by atoms with Crippen molar-refractivity contribution in [3.8, 4) is 0 Å². The van der Waals surface area contributed by atoms with E-state index >= 15 is 0 Å². The molecule has 0 amide bonds. The lowest BCUT2D eigenvalue weighted by Gasteiger charge is -2.12. The summed E-state index contributed by atoms with van der Waals surface area (Å²) in [4.78, 5) is 11.9. The molecule has 10 heavy (non-hydrogen) atoms. The molecule has 0 spiro atoms. The lowest BCUT2D eigenvalue weighted by molar-refractivity contribution is -0.141. The van der Waals surface area contributed by atoms with Crippen LogP contribution in [0.3, 0.4) is 0 Å². The van der Waals surface area contributed by atoms with Crippen molar-refractivity contribution in [2.75, 3.05) is 13.6 Å². The van der Waals surface area contributed by atoms with Gasteiger partial charge in [-0.05, 0) is 7.05 Å². The summed E-state index contributed by atoms with van der Waals surface area (Å²) < 4.78 is 12.5. The third-order valence-electron chi connectivity index (χ3n) is 1.78. The first kappa shape index (κ1) is 7.47. The number of halogens is 1. The van der Waals surface area contributed by atoms with E-state index in [1.54, 1.807) is 7.05 Å². The number of alkyl halides is 1. The number of carboxylic acids is 1. The number of carboxylic acid groups (broad SMARTS) is 1. The van der Waals surface area contributed by atoms with Crippen LogP contribution in [-0.2, 0) is 4.79 Å². The zero-order valence-corrected chi connectivity index (χ0v) is 5.75. The summed E-state index contributed by atoms with van der Waals surface area (Å²) in [6.45, 7) is 0.247. The van der Waals surface area contributed by atoms with Crippen molar-refractivity contribution >= 4 is 5.97 Å². The van der Waals surface area contributed by atoms with Crippen molar-refractivity contribution in [1.82, 2.24) is 4.90 Å². The SMILES string of the molecule is CN1C[C@@H](F)C[C@H]1C(=O)O. The highest BCUT2D eigenvalue weighted by Gasteiger charge is 2.34. The van der Waals surface area contributed by atoms with E-state index in [0.29, 0.717) is 0 Å². The van der Waals surface area contributed by atoms with Crippen molar-refractivity contribution in [3.63, 3.8) is 0 Å². The predicted octanol–water partition coefficient (Wildman–Crippen LogP) is 0.113. The highest BCUT2D eigenvalue weighted by molar-refractivity contribution is 5.73. The summed E-state index contributed by atoms with van der Waals surface area (Å²) in [6.07, 6.45) is -0.836. The van der Waals surface area contributed by atoms with E-state index in [2.05, 4.69) is 0 Å². The van der Waals surface area contributed by atoms with Crippen LogP contribution in [0.5, 0.6) is 0 Å². The molecule has 0 radical (unpaired) electrons. The Hall–Kier alpha value is -0.640. The fraction of sp³-hybridized carbons (Fsp3) is 0.833. The average molecular weight is 147 g/mol. The van der Waals surface area contributed by atoms with Gasteiger partial charge in [-0.15, -0.1) is 0 Å². The minimum Gasteiger partial charge on any atom is -0.480 e. The Kier molecular flexibility index (Phi) is 1.89. The van der Waals surface area contributed by atoms with Crippen molar-refractivity contribution < 1.29 is 14.3 Å². The molecule has 0 aromatic heterocycles. The van der Waals surface area contributed by atoms with Crippen LogP contribution in [0.4, 0.5) is 4.39 Å². The summed E-state index contributed by atoms with van der Waals surface area (Å²) >= 11 is 0. The van der Waals surface area contributed by atoms with Gasteiger partial charge in [-0.1, -0.05) is 0 Å². The topological polar surface area (TPSA) is 40.5 Å². The maximum atomic E-state index is 12.5. The largest absolute Gasteiger partial charge is 0.480 e. The van der Waals surface area contributed by atoms with Gasteiger partial charge in [0.1, 0.15) is 12.2 Å². The van der Waals surface area contributed by atoms with Gasteiger partial charge in [-0.25, -0.2) is 4.39 Å². The third kappa shape index (κ3) is 1.26. The zero-order chi connectivity index (χ0) is 7.72. The van der Waals surface area contributed by atoms with Gasteiger partial charge < -0.3 is 5.11 Å². The summed E-state index contributed by atoms with van der Waals surface area (Å²) in [5.41, 5.74) is 0. The van der Waals surface area contributed by atoms with Crippen LogP contribution in [0.2, 0.25) is 0 Å². The first-order chi connectivity index (χ1) is 4.61. The summed E-state index contributed by atoms with van der Waals surface area (Å²) in [7, 11) is 1.62. The number of hydrogen-bond donors (Lipinski definition) is 1. The molecule has 1 saturated heterocycles. The number of aliphatic carboxylic acids is 1. The maximum Gasteiger partial charge on any atom is 0.321 e. The highest BCUT2D eigenvalue weighted by atomic mass is 19.1. The molecule has 1 aliphatic rings. The van der Waals surface area contributed by atoms with E-state index in [1.165, 1.54) is 4.90 Å². The molecule has 0 unspecified atom stereocenters. The van der Waals surface area contributed by atoms with Crippen molar-refractivity contribution in [3.05, 3.63) is 0 Å². The van der Waals surface area contributed by atoms with E-state index in [1.807, 2.05) is 0 Å². The van der Waals surface area contributed by atoms with Gasteiger partial charge in [0.15, 0.2) is 0 Å². The van der Waals surface area contributed by atoms with Gasteiger partial charge in [0.05, 0.1) is 0 Å². The Morgan fingerprint density at radius 2 is 2.40 bits per heavy atom.